The van der Waals surface area contributed by atoms with Crippen molar-refractivity contribution >= 4 is 16.0 Å². The molecule has 0 bridgehead atoms. The molecular formula is C14H25N5O3S. The molecule has 1 aromatic heterocycles. The van der Waals surface area contributed by atoms with Gasteiger partial charge in [0.1, 0.15) is 12.0 Å². The number of aromatic nitrogens is 1. The molecule has 9 heteroatoms. The lowest BCUT2D eigenvalue weighted by Crippen LogP contribution is -2.39. The molecule has 0 radical (unpaired) electrons. The predicted octanol–water partition coefficient (Wildman–Crippen LogP) is 0.353. The van der Waals surface area contributed by atoms with Crippen LogP contribution in [-0.2, 0) is 16.6 Å². The zero-order valence-corrected chi connectivity index (χ0v) is 14.7. The van der Waals surface area contributed by atoms with Crippen molar-refractivity contribution in [1.82, 2.24) is 19.7 Å². The van der Waals surface area contributed by atoms with Gasteiger partial charge < -0.3 is 14.7 Å². The van der Waals surface area contributed by atoms with E-state index in [0.717, 1.165) is 24.6 Å². The second kappa shape index (κ2) is 7.78. The monoisotopic (exact) mass is 343 g/mol. The summed E-state index contributed by atoms with van der Waals surface area (Å²) in [6.07, 6.45) is 3.66. The van der Waals surface area contributed by atoms with Crippen LogP contribution < -0.4 is 5.32 Å². The van der Waals surface area contributed by atoms with E-state index in [1.54, 1.807) is 6.26 Å². The Morgan fingerprint density at radius 2 is 2.39 bits per heavy atom. The molecule has 0 saturated carbocycles. The van der Waals surface area contributed by atoms with Crippen molar-refractivity contribution in [2.24, 2.45) is 10.9 Å². The second-order valence-electron chi connectivity index (χ2n) is 5.82. The van der Waals surface area contributed by atoms with Crippen LogP contribution in [0.3, 0.4) is 0 Å². The second-order valence-corrected chi connectivity index (χ2v) is 7.80. The molecule has 1 unspecified atom stereocenters. The van der Waals surface area contributed by atoms with E-state index < -0.39 is 10.0 Å². The highest BCUT2D eigenvalue weighted by molar-refractivity contribution is 7.88. The van der Waals surface area contributed by atoms with Gasteiger partial charge in [0.25, 0.3) is 0 Å². The van der Waals surface area contributed by atoms with Gasteiger partial charge in [-0.3, -0.25) is 4.99 Å². The molecule has 8 nitrogen and oxygen atoms in total. The molecule has 0 aromatic carbocycles. The zero-order valence-electron chi connectivity index (χ0n) is 13.9. The first-order valence-electron chi connectivity index (χ1n) is 7.74. The van der Waals surface area contributed by atoms with Gasteiger partial charge in [-0.15, -0.1) is 0 Å². The summed E-state index contributed by atoms with van der Waals surface area (Å²) in [6, 6.07) is 1.82. The van der Waals surface area contributed by atoms with Crippen molar-refractivity contribution < 1.29 is 12.9 Å². The van der Waals surface area contributed by atoms with E-state index in [2.05, 4.69) is 15.5 Å². The molecule has 1 aliphatic rings. The standard InChI is InChI=1S/C14H25N5O3S/c1-4-15-14(18(2)11-13-6-8-22-17-13)16-9-12-5-7-19(10-12)23(3,20)21/h6,8,12H,4-5,7,9-11H2,1-3H3,(H,15,16). The van der Waals surface area contributed by atoms with Crippen molar-refractivity contribution in [2.45, 2.75) is 19.9 Å². The number of aliphatic imine (C=N–C) groups is 1. The minimum absolute atomic E-state index is 0.263. The van der Waals surface area contributed by atoms with Gasteiger partial charge in [0, 0.05) is 39.3 Å². The topological polar surface area (TPSA) is 91.0 Å². The van der Waals surface area contributed by atoms with Crippen molar-refractivity contribution in [2.75, 3.05) is 39.5 Å². The first kappa shape index (κ1) is 17.7. The smallest absolute Gasteiger partial charge is 0.211 e. The van der Waals surface area contributed by atoms with Gasteiger partial charge in [-0.05, 0) is 19.3 Å². The van der Waals surface area contributed by atoms with Gasteiger partial charge in [-0.2, -0.15) is 0 Å². The molecular weight excluding hydrogens is 318 g/mol. The van der Waals surface area contributed by atoms with Crippen LogP contribution in [0, 0.1) is 5.92 Å². The summed E-state index contributed by atoms with van der Waals surface area (Å²) in [5.74, 6) is 1.05. The number of nitrogens with one attached hydrogen (secondary N) is 1. The van der Waals surface area contributed by atoms with Crippen LogP contribution in [0.1, 0.15) is 19.0 Å². The molecule has 2 heterocycles. The van der Waals surface area contributed by atoms with Crippen LogP contribution in [0.25, 0.3) is 0 Å². The number of guanidine groups is 1. The highest BCUT2D eigenvalue weighted by atomic mass is 32.2. The molecule has 1 atom stereocenters. The van der Waals surface area contributed by atoms with E-state index in [0.29, 0.717) is 26.2 Å². The Hall–Kier alpha value is -1.61. The molecule has 23 heavy (non-hydrogen) atoms. The van der Waals surface area contributed by atoms with Crippen LogP contribution in [0.2, 0.25) is 0 Å². The Morgan fingerprint density at radius 3 is 2.96 bits per heavy atom. The van der Waals surface area contributed by atoms with Crippen LogP contribution in [0.5, 0.6) is 0 Å². The molecule has 1 aromatic rings. The lowest BCUT2D eigenvalue weighted by Gasteiger charge is -2.21. The lowest BCUT2D eigenvalue weighted by atomic mass is 10.1. The largest absolute Gasteiger partial charge is 0.364 e. The van der Waals surface area contributed by atoms with E-state index in [4.69, 9.17) is 4.52 Å². The minimum atomic E-state index is -3.09. The minimum Gasteiger partial charge on any atom is -0.364 e. The summed E-state index contributed by atoms with van der Waals surface area (Å²) in [7, 11) is -1.16. The quantitative estimate of drug-likeness (QED) is 0.592. The average Bonchev–Trinajstić information content (AvgIpc) is 3.13. The summed E-state index contributed by atoms with van der Waals surface area (Å²) in [6.45, 7) is 5.13. The third-order valence-corrected chi connectivity index (χ3v) is 5.07. The normalized spacial score (nSPS) is 20.0. The third kappa shape index (κ3) is 5.21. The number of hydrogen-bond donors (Lipinski definition) is 1. The number of sulfonamides is 1. The fourth-order valence-corrected chi connectivity index (χ4v) is 3.49. The Kier molecular flexibility index (Phi) is 6.00. The molecule has 0 spiro atoms. The maximum atomic E-state index is 11.6. The lowest BCUT2D eigenvalue weighted by molar-refractivity contribution is 0.390. The summed E-state index contributed by atoms with van der Waals surface area (Å²) < 4.78 is 29.5. The maximum absolute atomic E-state index is 11.6. The Bertz CT molecular complexity index is 614. The number of hydrogen-bond acceptors (Lipinski definition) is 5. The van der Waals surface area contributed by atoms with Gasteiger partial charge in [0.2, 0.25) is 10.0 Å². The fraction of sp³-hybridized carbons (Fsp3) is 0.714. The molecule has 1 saturated heterocycles. The third-order valence-electron chi connectivity index (χ3n) is 3.80. The molecule has 1 fully saturated rings. The van der Waals surface area contributed by atoms with Gasteiger partial charge in [0.15, 0.2) is 5.96 Å². The van der Waals surface area contributed by atoms with Crippen molar-refractivity contribution in [3.63, 3.8) is 0 Å². The molecule has 130 valence electrons. The van der Waals surface area contributed by atoms with Crippen LogP contribution in [0.4, 0.5) is 0 Å². The number of rotatable bonds is 6. The van der Waals surface area contributed by atoms with E-state index in [1.165, 1.54) is 10.6 Å². The van der Waals surface area contributed by atoms with Crippen LogP contribution in [0.15, 0.2) is 21.8 Å². The Balaban J connectivity index is 1.93. The predicted molar refractivity (Wildman–Crippen MR) is 88.5 cm³/mol. The van der Waals surface area contributed by atoms with E-state index in [-0.39, 0.29) is 5.92 Å². The van der Waals surface area contributed by atoms with E-state index in [9.17, 15) is 8.42 Å². The van der Waals surface area contributed by atoms with E-state index in [1.807, 2.05) is 24.9 Å². The molecule has 2 rings (SSSR count). The van der Waals surface area contributed by atoms with E-state index >= 15 is 0 Å². The van der Waals surface area contributed by atoms with Crippen molar-refractivity contribution in [3.8, 4) is 0 Å². The van der Waals surface area contributed by atoms with Gasteiger partial charge in [-0.25, -0.2) is 12.7 Å². The zero-order chi connectivity index (χ0) is 16.9. The molecule has 1 N–H and O–H groups in total. The average molecular weight is 343 g/mol. The molecule has 0 amide bonds. The summed E-state index contributed by atoms with van der Waals surface area (Å²) >= 11 is 0. The van der Waals surface area contributed by atoms with Gasteiger partial charge in [0.05, 0.1) is 12.8 Å². The number of nitrogens with zero attached hydrogens (tertiary/aromatic N) is 4. The van der Waals surface area contributed by atoms with Crippen LogP contribution in [-0.4, -0.2) is 68.2 Å². The summed E-state index contributed by atoms with van der Waals surface area (Å²) in [5.41, 5.74) is 0.835. The molecule has 1 aliphatic heterocycles. The first-order valence-corrected chi connectivity index (χ1v) is 9.58. The van der Waals surface area contributed by atoms with Gasteiger partial charge >= 0.3 is 0 Å². The first-order chi connectivity index (χ1) is 10.9. The van der Waals surface area contributed by atoms with Crippen molar-refractivity contribution in [3.05, 3.63) is 18.0 Å². The maximum Gasteiger partial charge on any atom is 0.211 e. The Morgan fingerprint density at radius 1 is 1.61 bits per heavy atom. The highest BCUT2D eigenvalue weighted by Gasteiger charge is 2.28. The van der Waals surface area contributed by atoms with Gasteiger partial charge in [-0.1, -0.05) is 5.16 Å². The van der Waals surface area contributed by atoms with Crippen LogP contribution >= 0.6 is 0 Å². The fourth-order valence-electron chi connectivity index (χ4n) is 2.57. The van der Waals surface area contributed by atoms with Crippen molar-refractivity contribution in [1.29, 1.82) is 0 Å². The highest BCUT2D eigenvalue weighted by Crippen LogP contribution is 2.19. The Labute approximate surface area is 137 Å². The SMILES string of the molecule is CCNC(=NCC1CCN(S(C)(=O)=O)C1)N(C)Cc1ccon1. The molecule has 0 aliphatic carbocycles. The summed E-state index contributed by atoms with van der Waals surface area (Å²) in [4.78, 5) is 6.62. The summed E-state index contributed by atoms with van der Waals surface area (Å²) in [5, 5.41) is 7.15.